The number of pyridine rings is 1. The van der Waals surface area contributed by atoms with Gasteiger partial charge in [0, 0.05) is 11.1 Å². The number of nitrogens with zero attached hydrogens (tertiary/aromatic N) is 1. The van der Waals surface area contributed by atoms with Crippen molar-refractivity contribution in [2.75, 3.05) is 11.9 Å². The smallest absolute Gasteiger partial charge is 0.262 e. The zero-order chi connectivity index (χ0) is 18.7. The molecule has 1 amide bonds. The van der Waals surface area contributed by atoms with E-state index in [2.05, 4.69) is 31.1 Å². The Balaban J connectivity index is 1.65. The molecular formula is C22H24N2O2. The predicted octanol–water partition coefficient (Wildman–Crippen LogP) is 4.86. The second kappa shape index (κ2) is 7.16. The minimum Gasteiger partial charge on any atom is -0.484 e. The van der Waals surface area contributed by atoms with Crippen molar-refractivity contribution in [3.63, 3.8) is 0 Å². The number of ether oxygens (including phenoxy) is 1. The molecule has 4 nitrogen and oxygen atoms in total. The summed E-state index contributed by atoms with van der Waals surface area (Å²) in [6, 6.07) is 17.6. The van der Waals surface area contributed by atoms with Crippen molar-refractivity contribution < 1.29 is 9.53 Å². The van der Waals surface area contributed by atoms with E-state index in [1.165, 1.54) is 5.56 Å². The van der Waals surface area contributed by atoms with Gasteiger partial charge in [-0.3, -0.25) is 9.78 Å². The van der Waals surface area contributed by atoms with Crippen LogP contribution in [0.5, 0.6) is 5.75 Å². The van der Waals surface area contributed by atoms with Gasteiger partial charge in [-0.15, -0.1) is 0 Å². The van der Waals surface area contributed by atoms with Crippen LogP contribution in [-0.2, 0) is 10.2 Å². The largest absolute Gasteiger partial charge is 0.484 e. The maximum atomic E-state index is 12.3. The Morgan fingerprint density at radius 3 is 2.46 bits per heavy atom. The van der Waals surface area contributed by atoms with Crippen molar-refractivity contribution in [2.24, 2.45) is 0 Å². The van der Waals surface area contributed by atoms with E-state index < -0.39 is 0 Å². The SMILES string of the molecule is Cc1ccc2cccc(NC(=O)COc3ccc(C(C)(C)C)cc3)c2n1. The van der Waals surface area contributed by atoms with Crippen LogP contribution in [0, 0.1) is 6.92 Å². The molecule has 0 aliphatic heterocycles. The molecular weight excluding hydrogens is 324 g/mol. The third kappa shape index (κ3) is 4.20. The number of hydrogen-bond acceptors (Lipinski definition) is 3. The van der Waals surface area contributed by atoms with Crippen molar-refractivity contribution in [2.45, 2.75) is 33.1 Å². The summed E-state index contributed by atoms with van der Waals surface area (Å²) in [7, 11) is 0. The van der Waals surface area contributed by atoms with Crippen molar-refractivity contribution in [3.8, 4) is 5.75 Å². The molecule has 0 radical (unpaired) electrons. The molecule has 0 atom stereocenters. The van der Waals surface area contributed by atoms with Crippen LogP contribution in [0.3, 0.4) is 0 Å². The Kier molecular flexibility index (Phi) is 4.94. The van der Waals surface area contributed by atoms with Crippen molar-refractivity contribution in [3.05, 3.63) is 65.9 Å². The Morgan fingerprint density at radius 2 is 1.77 bits per heavy atom. The van der Waals surface area contributed by atoms with Crippen LogP contribution in [0.4, 0.5) is 5.69 Å². The van der Waals surface area contributed by atoms with Gasteiger partial charge in [0.2, 0.25) is 0 Å². The lowest BCUT2D eigenvalue weighted by atomic mass is 9.87. The molecule has 3 rings (SSSR count). The standard InChI is InChI=1S/C22H24N2O2/c1-15-8-9-16-6-5-7-19(21(16)23-15)24-20(25)14-26-18-12-10-17(11-13-18)22(2,3)4/h5-13H,14H2,1-4H3,(H,24,25). The van der Waals surface area contributed by atoms with Crippen LogP contribution in [0.1, 0.15) is 32.0 Å². The van der Waals surface area contributed by atoms with Crippen molar-refractivity contribution >= 4 is 22.5 Å². The summed E-state index contributed by atoms with van der Waals surface area (Å²) in [6.07, 6.45) is 0. The fourth-order valence-corrected chi connectivity index (χ4v) is 2.73. The summed E-state index contributed by atoms with van der Waals surface area (Å²) in [6.45, 7) is 8.38. The summed E-state index contributed by atoms with van der Waals surface area (Å²) in [4.78, 5) is 16.8. The molecule has 2 aromatic carbocycles. The number of benzene rings is 2. The fourth-order valence-electron chi connectivity index (χ4n) is 2.73. The molecule has 26 heavy (non-hydrogen) atoms. The first-order valence-corrected chi connectivity index (χ1v) is 8.72. The highest BCUT2D eigenvalue weighted by Crippen LogP contribution is 2.24. The third-order valence-corrected chi connectivity index (χ3v) is 4.22. The van der Waals surface area contributed by atoms with Crippen LogP contribution >= 0.6 is 0 Å². The van der Waals surface area contributed by atoms with Crippen molar-refractivity contribution in [1.29, 1.82) is 0 Å². The van der Waals surface area contributed by atoms with Crippen LogP contribution in [0.2, 0.25) is 0 Å². The first kappa shape index (κ1) is 17.9. The number of fused-ring (bicyclic) bond motifs is 1. The highest BCUT2D eigenvalue weighted by molar-refractivity contribution is 6.00. The topological polar surface area (TPSA) is 51.2 Å². The van der Waals surface area contributed by atoms with E-state index in [1.807, 2.05) is 61.5 Å². The number of aromatic nitrogens is 1. The molecule has 0 saturated heterocycles. The molecule has 0 bridgehead atoms. The molecule has 0 spiro atoms. The number of rotatable bonds is 4. The summed E-state index contributed by atoms with van der Waals surface area (Å²) >= 11 is 0. The van der Waals surface area contributed by atoms with E-state index in [0.29, 0.717) is 11.4 Å². The maximum Gasteiger partial charge on any atom is 0.262 e. The molecule has 0 fully saturated rings. The molecule has 0 saturated carbocycles. The minimum absolute atomic E-state index is 0.0446. The summed E-state index contributed by atoms with van der Waals surface area (Å²) in [5.74, 6) is 0.473. The quantitative estimate of drug-likeness (QED) is 0.733. The molecule has 3 aromatic rings. The van der Waals surface area contributed by atoms with Gasteiger partial charge in [-0.2, -0.15) is 0 Å². The average molecular weight is 348 g/mol. The van der Waals surface area contributed by atoms with Gasteiger partial charge < -0.3 is 10.1 Å². The van der Waals surface area contributed by atoms with Gasteiger partial charge >= 0.3 is 0 Å². The van der Waals surface area contributed by atoms with Gasteiger partial charge in [-0.25, -0.2) is 0 Å². The Morgan fingerprint density at radius 1 is 1.04 bits per heavy atom. The summed E-state index contributed by atoms with van der Waals surface area (Å²) < 4.78 is 5.61. The van der Waals surface area contributed by atoms with Crippen LogP contribution < -0.4 is 10.1 Å². The zero-order valence-electron chi connectivity index (χ0n) is 15.7. The number of amides is 1. The Hall–Kier alpha value is -2.88. The second-order valence-corrected chi connectivity index (χ2v) is 7.44. The van der Waals surface area contributed by atoms with Crippen LogP contribution in [0.15, 0.2) is 54.6 Å². The lowest BCUT2D eigenvalue weighted by Gasteiger charge is -2.19. The normalized spacial score (nSPS) is 11.4. The molecule has 134 valence electrons. The van der Waals surface area contributed by atoms with Crippen LogP contribution in [0.25, 0.3) is 10.9 Å². The van der Waals surface area contributed by atoms with Gasteiger partial charge in [0.05, 0.1) is 11.2 Å². The Labute approximate surface area is 154 Å². The van der Waals surface area contributed by atoms with E-state index in [9.17, 15) is 4.79 Å². The molecule has 0 aliphatic rings. The van der Waals surface area contributed by atoms with Crippen LogP contribution in [-0.4, -0.2) is 17.5 Å². The predicted molar refractivity (Wildman–Crippen MR) is 106 cm³/mol. The fraction of sp³-hybridized carbons (Fsp3) is 0.273. The monoisotopic (exact) mass is 348 g/mol. The lowest BCUT2D eigenvalue weighted by Crippen LogP contribution is -2.20. The first-order valence-electron chi connectivity index (χ1n) is 8.72. The number of hydrogen-bond donors (Lipinski definition) is 1. The van der Waals surface area contributed by atoms with Gasteiger partial charge in [-0.05, 0) is 42.2 Å². The number of carbonyl (C=O) groups excluding carboxylic acids is 1. The molecule has 1 heterocycles. The highest BCUT2D eigenvalue weighted by Gasteiger charge is 2.13. The van der Waals surface area contributed by atoms with Gasteiger partial charge in [0.1, 0.15) is 5.75 Å². The number of anilines is 1. The lowest BCUT2D eigenvalue weighted by molar-refractivity contribution is -0.118. The Bertz CT molecular complexity index is 925. The number of nitrogens with one attached hydrogen (secondary N) is 1. The van der Waals surface area contributed by atoms with Crippen molar-refractivity contribution in [1.82, 2.24) is 4.98 Å². The second-order valence-electron chi connectivity index (χ2n) is 7.44. The van der Waals surface area contributed by atoms with Gasteiger partial charge in [0.25, 0.3) is 5.91 Å². The highest BCUT2D eigenvalue weighted by atomic mass is 16.5. The maximum absolute atomic E-state index is 12.3. The number of carbonyl (C=O) groups is 1. The number of para-hydroxylation sites is 1. The van der Waals surface area contributed by atoms with E-state index in [1.54, 1.807) is 0 Å². The molecule has 4 heteroatoms. The molecule has 1 N–H and O–H groups in total. The van der Waals surface area contributed by atoms with E-state index >= 15 is 0 Å². The average Bonchev–Trinajstić information content (AvgIpc) is 2.60. The third-order valence-electron chi connectivity index (χ3n) is 4.22. The zero-order valence-corrected chi connectivity index (χ0v) is 15.7. The van der Waals surface area contributed by atoms with Gasteiger partial charge in [0.15, 0.2) is 6.61 Å². The van der Waals surface area contributed by atoms with E-state index in [4.69, 9.17) is 4.74 Å². The molecule has 0 unspecified atom stereocenters. The first-order chi connectivity index (χ1) is 12.3. The molecule has 1 aromatic heterocycles. The molecule has 0 aliphatic carbocycles. The minimum atomic E-state index is -0.208. The van der Waals surface area contributed by atoms with Gasteiger partial charge in [-0.1, -0.05) is 51.1 Å². The van der Waals surface area contributed by atoms with E-state index in [-0.39, 0.29) is 17.9 Å². The van der Waals surface area contributed by atoms with E-state index in [0.717, 1.165) is 16.6 Å². The number of aryl methyl sites for hydroxylation is 1. The summed E-state index contributed by atoms with van der Waals surface area (Å²) in [5, 5.41) is 3.88. The summed E-state index contributed by atoms with van der Waals surface area (Å²) in [5.41, 5.74) is 3.72.